The smallest absolute Gasteiger partial charge is 0.354 e. The van der Waals surface area contributed by atoms with Crippen LogP contribution < -0.4 is 5.73 Å². The highest BCUT2D eigenvalue weighted by Gasteiger charge is 2.15. The van der Waals surface area contributed by atoms with Crippen LogP contribution in [0.15, 0.2) is 30.3 Å². The molecule has 0 aliphatic rings. The summed E-state index contributed by atoms with van der Waals surface area (Å²) in [7, 11) is 0. The van der Waals surface area contributed by atoms with Crippen LogP contribution in [0.1, 0.15) is 10.5 Å². The van der Waals surface area contributed by atoms with Gasteiger partial charge in [-0.15, -0.1) is 0 Å². The number of nitrogens with zero attached hydrogens (tertiary/aromatic N) is 1. The van der Waals surface area contributed by atoms with E-state index in [1.54, 1.807) is 18.2 Å². The number of carbonyl (C=O) groups is 1. The maximum absolute atomic E-state index is 10.9. The summed E-state index contributed by atoms with van der Waals surface area (Å²) in [4.78, 5) is 14.9. The van der Waals surface area contributed by atoms with E-state index in [1.165, 1.54) is 12.1 Å². The lowest BCUT2D eigenvalue weighted by Gasteiger charge is -2.09. The number of pyridine rings is 1. The molecule has 0 amide bonds. The molecule has 0 bridgehead atoms. The van der Waals surface area contributed by atoms with Crippen LogP contribution in [-0.4, -0.2) is 16.1 Å². The third-order valence-corrected chi connectivity index (χ3v) is 2.98. The first kappa shape index (κ1) is 12.7. The van der Waals surface area contributed by atoms with Crippen molar-refractivity contribution in [3.05, 3.63) is 46.1 Å². The molecule has 0 saturated carbocycles. The number of hydrogen-bond donors (Lipinski definition) is 2. The Morgan fingerprint density at radius 1 is 1.17 bits per heavy atom. The van der Waals surface area contributed by atoms with Crippen LogP contribution in [-0.2, 0) is 0 Å². The molecule has 0 aliphatic carbocycles. The van der Waals surface area contributed by atoms with Gasteiger partial charge in [-0.1, -0.05) is 29.3 Å². The van der Waals surface area contributed by atoms with E-state index in [-0.39, 0.29) is 11.4 Å². The summed E-state index contributed by atoms with van der Waals surface area (Å²) in [6.45, 7) is 0. The van der Waals surface area contributed by atoms with Crippen molar-refractivity contribution in [3.63, 3.8) is 0 Å². The van der Waals surface area contributed by atoms with E-state index in [4.69, 9.17) is 34.0 Å². The Morgan fingerprint density at radius 3 is 2.33 bits per heavy atom. The number of rotatable bonds is 2. The first-order valence-corrected chi connectivity index (χ1v) is 5.70. The number of aromatic nitrogens is 1. The molecule has 3 N–H and O–H groups in total. The maximum atomic E-state index is 10.9. The Balaban J connectivity index is 2.70. The summed E-state index contributed by atoms with van der Waals surface area (Å²) < 4.78 is 0. The van der Waals surface area contributed by atoms with Gasteiger partial charge in [0.15, 0.2) is 0 Å². The molecule has 0 spiro atoms. The predicted octanol–water partition coefficient (Wildman–Crippen LogP) is 3.34. The summed E-state index contributed by atoms with van der Waals surface area (Å²) >= 11 is 12.1. The van der Waals surface area contributed by atoms with Crippen molar-refractivity contribution in [2.75, 3.05) is 5.73 Å². The molecule has 1 heterocycles. The van der Waals surface area contributed by atoms with E-state index in [0.717, 1.165) is 0 Å². The monoisotopic (exact) mass is 282 g/mol. The molecular formula is C12H8Cl2N2O2. The SMILES string of the molecule is Nc1ccc(C(=O)O)nc1-c1c(Cl)cccc1Cl. The number of nitrogens with two attached hydrogens (primary N) is 1. The highest BCUT2D eigenvalue weighted by Crippen LogP contribution is 2.36. The zero-order chi connectivity index (χ0) is 13.3. The van der Waals surface area contributed by atoms with Crippen molar-refractivity contribution in [2.45, 2.75) is 0 Å². The van der Waals surface area contributed by atoms with E-state index >= 15 is 0 Å². The van der Waals surface area contributed by atoms with Gasteiger partial charge in [0.1, 0.15) is 5.69 Å². The minimum Gasteiger partial charge on any atom is -0.477 e. The number of anilines is 1. The van der Waals surface area contributed by atoms with Gasteiger partial charge in [-0.05, 0) is 24.3 Å². The van der Waals surface area contributed by atoms with Crippen molar-refractivity contribution in [2.24, 2.45) is 0 Å². The van der Waals surface area contributed by atoms with Gasteiger partial charge in [0.2, 0.25) is 0 Å². The molecule has 0 aliphatic heterocycles. The number of halogens is 2. The second-order valence-electron chi connectivity index (χ2n) is 3.54. The molecule has 1 aromatic heterocycles. The molecule has 0 atom stereocenters. The molecule has 0 fully saturated rings. The zero-order valence-electron chi connectivity index (χ0n) is 9.02. The largest absolute Gasteiger partial charge is 0.477 e. The average Bonchev–Trinajstić information content (AvgIpc) is 2.30. The number of carboxylic acid groups (broad SMARTS) is 1. The van der Waals surface area contributed by atoms with Crippen LogP contribution >= 0.6 is 23.2 Å². The number of nitrogen functional groups attached to an aromatic ring is 1. The molecule has 2 aromatic rings. The molecule has 6 heteroatoms. The van der Waals surface area contributed by atoms with Gasteiger partial charge in [0, 0.05) is 5.56 Å². The Morgan fingerprint density at radius 2 is 1.78 bits per heavy atom. The zero-order valence-corrected chi connectivity index (χ0v) is 10.5. The van der Waals surface area contributed by atoms with Gasteiger partial charge in [0.25, 0.3) is 0 Å². The second kappa shape index (κ2) is 4.84. The minimum atomic E-state index is -1.14. The average molecular weight is 283 g/mol. The van der Waals surface area contributed by atoms with Crippen LogP contribution in [0.5, 0.6) is 0 Å². The summed E-state index contributed by atoms with van der Waals surface area (Å²) in [5.41, 5.74) is 6.69. The van der Waals surface area contributed by atoms with Gasteiger partial charge < -0.3 is 10.8 Å². The Bertz CT molecular complexity index is 609. The second-order valence-corrected chi connectivity index (χ2v) is 4.35. The van der Waals surface area contributed by atoms with E-state index in [9.17, 15) is 4.79 Å². The van der Waals surface area contributed by atoms with Crippen LogP contribution in [0.3, 0.4) is 0 Å². The standard InChI is InChI=1S/C12H8Cl2N2O2/c13-6-2-1-3-7(14)10(6)11-8(15)4-5-9(16-11)12(17)18/h1-5H,15H2,(H,17,18). The Kier molecular flexibility index (Phi) is 3.41. The molecule has 0 unspecified atom stereocenters. The summed E-state index contributed by atoms with van der Waals surface area (Å²) in [6, 6.07) is 7.75. The van der Waals surface area contributed by atoms with Gasteiger partial charge in [-0.3, -0.25) is 0 Å². The van der Waals surface area contributed by atoms with Gasteiger partial charge in [0.05, 0.1) is 21.4 Å². The summed E-state index contributed by atoms with van der Waals surface area (Å²) in [5.74, 6) is -1.14. The molecule has 4 nitrogen and oxygen atoms in total. The van der Waals surface area contributed by atoms with Crippen molar-refractivity contribution < 1.29 is 9.90 Å². The third-order valence-electron chi connectivity index (χ3n) is 2.35. The summed E-state index contributed by atoms with van der Waals surface area (Å²) in [5, 5.41) is 9.65. The van der Waals surface area contributed by atoms with E-state index in [0.29, 0.717) is 21.3 Å². The normalized spacial score (nSPS) is 10.3. The first-order valence-electron chi connectivity index (χ1n) is 4.95. The molecule has 18 heavy (non-hydrogen) atoms. The van der Waals surface area contributed by atoms with Gasteiger partial charge in [-0.25, -0.2) is 9.78 Å². The number of aromatic carboxylic acids is 1. The first-order chi connectivity index (χ1) is 8.50. The third kappa shape index (κ3) is 2.25. The lowest BCUT2D eigenvalue weighted by molar-refractivity contribution is 0.0690. The van der Waals surface area contributed by atoms with Crippen molar-refractivity contribution >= 4 is 34.9 Å². The molecule has 1 aromatic carbocycles. The van der Waals surface area contributed by atoms with Crippen LogP contribution in [0.2, 0.25) is 10.0 Å². The molecular weight excluding hydrogens is 275 g/mol. The van der Waals surface area contributed by atoms with Crippen molar-refractivity contribution in [1.82, 2.24) is 4.98 Å². The fourth-order valence-corrected chi connectivity index (χ4v) is 2.09. The molecule has 2 rings (SSSR count). The highest BCUT2D eigenvalue weighted by molar-refractivity contribution is 6.39. The van der Waals surface area contributed by atoms with Crippen molar-refractivity contribution in [3.8, 4) is 11.3 Å². The molecule has 0 saturated heterocycles. The minimum absolute atomic E-state index is 0.116. The van der Waals surface area contributed by atoms with Gasteiger partial charge in [-0.2, -0.15) is 0 Å². The predicted molar refractivity (Wildman–Crippen MR) is 71.1 cm³/mol. The van der Waals surface area contributed by atoms with Gasteiger partial charge >= 0.3 is 5.97 Å². The molecule has 0 radical (unpaired) electrons. The Hall–Kier alpha value is -1.78. The highest BCUT2D eigenvalue weighted by atomic mass is 35.5. The van der Waals surface area contributed by atoms with E-state index in [1.807, 2.05) is 0 Å². The van der Waals surface area contributed by atoms with Crippen LogP contribution in [0, 0.1) is 0 Å². The topological polar surface area (TPSA) is 76.2 Å². The van der Waals surface area contributed by atoms with Crippen LogP contribution in [0.4, 0.5) is 5.69 Å². The lowest BCUT2D eigenvalue weighted by Crippen LogP contribution is -2.04. The fraction of sp³-hybridized carbons (Fsp3) is 0. The number of benzene rings is 1. The lowest BCUT2D eigenvalue weighted by atomic mass is 10.1. The molecule has 92 valence electrons. The fourth-order valence-electron chi connectivity index (χ4n) is 1.51. The van der Waals surface area contributed by atoms with E-state index in [2.05, 4.69) is 4.98 Å². The van der Waals surface area contributed by atoms with E-state index < -0.39 is 5.97 Å². The quantitative estimate of drug-likeness (QED) is 0.886. The van der Waals surface area contributed by atoms with Crippen molar-refractivity contribution in [1.29, 1.82) is 0 Å². The summed E-state index contributed by atoms with van der Waals surface area (Å²) in [6.07, 6.45) is 0. The number of carboxylic acids is 1. The maximum Gasteiger partial charge on any atom is 0.354 e. The Labute approximate surface area is 113 Å². The number of hydrogen-bond acceptors (Lipinski definition) is 3. The van der Waals surface area contributed by atoms with Crippen LogP contribution in [0.25, 0.3) is 11.3 Å².